The summed E-state index contributed by atoms with van der Waals surface area (Å²) >= 11 is 0. The molecule has 27 heteroatoms. The number of rotatable bonds is 29. The molecule has 2 rings (SSSR count). The summed E-state index contributed by atoms with van der Waals surface area (Å²) < 4.78 is 102. The molecule has 2 saturated heterocycles. The zero-order valence-electron chi connectivity index (χ0n) is 38.2. The van der Waals surface area contributed by atoms with Crippen molar-refractivity contribution in [3.05, 3.63) is 101 Å². The zero-order valence-corrected chi connectivity index (χ0v) is 38.2. The Labute approximate surface area is 405 Å². The van der Waals surface area contributed by atoms with E-state index in [0.29, 0.717) is 0 Å². The standard InChI is InChI=1S/C44H54O27/c1-9-17-53-36(45)61-25-28-30(65-39(48)56-20-12-4)32(67-41(50)58-22-14-6)33(68-42(51)59-23-15-7)35(64-28)71-44(27-63-38(47)55-19-11-3)34(69-43(52)60-24-16-8)31(66-40(49)57-21-13-5)29(70-44)26-62-37(46)54-18-10-2/h9-16,28-35H,1-8,17-27H2/t28-,29-,30-,31-,32+,33-,34+,35-,44+/m1/s1. The lowest BCUT2D eigenvalue weighted by Gasteiger charge is -2.46. The Morgan fingerprint density at radius 2 is 0.690 bits per heavy atom. The van der Waals surface area contributed by atoms with Crippen molar-refractivity contribution in [2.75, 3.05) is 72.7 Å². The molecule has 2 aliphatic heterocycles. The fourth-order valence-electron chi connectivity index (χ4n) is 5.53. The minimum Gasteiger partial charge on any atom is -0.431 e. The highest BCUT2D eigenvalue weighted by molar-refractivity contribution is 5.64. The van der Waals surface area contributed by atoms with Crippen LogP contribution in [0.2, 0.25) is 0 Å². The van der Waals surface area contributed by atoms with Gasteiger partial charge in [0.1, 0.15) is 78.3 Å². The third-order valence-corrected chi connectivity index (χ3v) is 8.18. The normalized spacial score (nSPS) is 22.8. The van der Waals surface area contributed by atoms with E-state index in [1.54, 1.807) is 0 Å². The number of hydrogen-bond donors (Lipinski definition) is 0. The molecule has 392 valence electrons. The van der Waals surface area contributed by atoms with Gasteiger partial charge in [0, 0.05) is 0 Å². The van der Waals surface area contributed by atoms with Gasteiger partial charge in [-0.15, -0.1) is 0 Å². The minimum absolute atomic E-state index is 0.347. The molecule has 27 nitrogen and oxygen atoms in total. The van der Waals surface area contributed by atoms with Gasteiger partial charge in [-0.3, -0.25) is 0 Å². The van der Waals surface area contributed by atoms with E-state index in [4.69, 9.17) is 90.0 Å². The summed E-state index contributed by atoms with van der Waals surface area (Å²) in [5.41, 5.74) is 0. The van der Waals surface area contributed by atoms with E-state index in [9.17, 15) is 38.4 Å². The molecule has 2 heterocycles. The molecule has 0 spiro atoms. The highest BCUT2D eigenvalue weighted by Gasteiger charge is 2.66. The van der Waals surface area contributed by atoms with E-state index >= 15 is 0 Å². The van der Waals surface area contributed by atoms with Gasteiger partial charge in [-0.2, -0.15) is 0 Å². The van der Waals surface area contributed by atoms with Crippen LogP contribution in [0.15, 0.2) is 101 Å². The average Bonchev–Trinajstić information content (AvgIpc) is 3.62. The van der Waals surface area contributed by atoms with Crippen LogP contribution in [0.3, 0.4) is 0 Å². The second-order valence-electron chi connectivity index (χ2n) is 13.2. The SMILES string of the molecule is C=CCOC(=O)OC[C@H]1O[C@@](COC(=O)OCC=C)(O[C@H]2O[C@H](COC(=O)OCC=C)[C@@H](OC(=O)OCC=C)[C@H](OC(=O)OCC=C)[C@H]2OC(=O)OCC=C)[C@@H](OC(=O)OCC=C)[C@@H]1OC(=O)OCC=C. The Balaban J connectivity index is 3.10. The first kappa shape index (κ1) is 59.1. The largest absolute Gasteiger partial charge is 0.509 e. The van der Waals surface area contributed by atoms with E-state index in [1.807, 2.05) is 0 Å². The summed E-state index contributed by atoms with van der Waals surface area (Å²) in [5, 5.41) is 0. The van der Waals surface area contributed by atoms with Crippen molar-refractivity contribution in [3.63, 3.8) is 0 Å². The molecule has 9 atom stereocenters. The molecule has 71 heavy (non-hydrogen) atoms. The van der Waals surface area contributed by atoms with Crippen LogP contribution in [-0.2, 0) is 90.0 Å². The third-order valence-electron chi connectivity index (χ3n) is 8.18. The lowest BCUT2D eigenvalue weighted by molar-refractivity contribution is -0.383. The molecular weight excluding hydrogens is 960 g/mol. The van der Waals surface area contributed by atoms with Crippen molar-refractivity contribution >= 4 is 49.2 Å². The van der Waals surface area contributed by atoms with Gasteiger partial charge in [0.25, 0.3) is 0 Å². The van der Waals surface area contributed by atoms with Crippen LogP contribution >= 0.6 is 0 Å². The first-order valence-corrected chi connectivity index (χ1v) is 20.6. The summed E-state index contributed by atoms with van der Waals surface area (Å²) in [4.78, 5) is 105. The molecular formula is C44H54O27. The van der Waals surface area contributed by atoms with Crippen LogP contribution in [0.4, 0.5) is 38.4 Å². The summed E-state index contributed by atoms with van der Waals surface area (Å²) in [7, 11) is 0. The second-order valence-corrected chi connectivity index (χ2v) is 13.2. The molecule has 0 amide bonds. The van der Waals surface area contributed by atoms with E-state index in [2.05, 4.69) is 52.6 Å². The minimum atomic E-state index is -3.03. The van der Waals surface area contributed by atoms with Gasteiger partial charge < -0.3 is 90.0 Å². The van der Waals surface area contributed by atoms with Crippen LogP contribution in [0.25, 0.3) is 0 Å². The fourth-order valence-corrected chi connectivity index (χ4v) is 5.53. The van der Waals surface area contributed by atoms with E-state index in [1.165, 1.54) is 12.2 Å². The lowest BCUT2D eigenvalue weighted by atomic mass is 9.97. The smallest absolute Gasteiger partial charge is 0.431 e. The summed E-state index contributed by atoms with van der Waals surface area (Å²) in [6.07, 6.45) is -19.9. The number of carbonyl (C=O) groups is 8. The number of carbonyl (C=O) groups excluding carboxylic acids is 8. The molecule has 0 aromatic carbocycles. The Bertz CT molecular complexity index is 1880. The summed E-state index contributed by atoms with van der Waals surface area (Å²) in [5.74, 6) is -3.03. The molecule has 0 saturated carbocycles. The molecule has 0 aliphatic carbocycles. The van der Waals surface area contributed by atoms with Crippen molar-refractivity contribution in [3.8, 4) is 0 Å². The van der Waals surface area contributed by atoms with Gasteiger partial charge in [0.15, 0.2) is 31.0 Å². The van der Waals surface area contributed by atoms with Crippen LogP contribution in [0.5, 0.6) is 0 Å². The fraction of sp³-hybridized carbons (Fsp3) is 0.455. The van der Waals surface area contributed by atoms with Crippen molar-refractivity contribution in [1.29, 1.82) is 0 Å². The third kappa shape index (κ3) is 20.6. The molecule has 0 N–H and O–H groups in total. The van der Waals surface area contributed by atoms with Crippen LogP contribution < -0.4 is 0 Å². The predicted molar refractivity (Wildman–Crippen MR) is 232 cm³/mol. The highest BCUT2D eigenvalue weighted by atomic mass is 16.9. The van der Waals surface area contributed by atoms with Crippen molar-refractivity contribution < 1.29 is 128 Å². The van der Waals surface area contributed by atoms with Gasteiger partial charge in [0.05, 0.1) is 0 Å². The second kappa shape index (κ2) is 32.7. The lowest BCUT2D eigenvalue weighted by Crippen LogP contribution is -2.66. The van der Waals surface area contributed by atoms with E-state index in [-0.39, 0.29) is 13.2 Å². The van der Waals surface area contributed by atoms with Crippen LogP contribution in [0.1, 0.15) is 0 Å². The Kier molecular flexibility index (Phi) is 27.2. The molecule has 0 aromatic rings. The van der Waals surface area contributed by atoms with Crippen LogP contribution in [-0.4, -0.2) is 177 Å². The van der Waals surface area contributed by atoms with Gasteiger partial charge >= 0.3 is 49.2 Å². The predicted octanol–water partition coefficient (Wildman–Crippen LogP) is 5.38. The number of hydrogen-bond acceptors (Lipinski definition) is 27. The summed E-state index contributed by atoms with van der Waals surface area (Å²) in [6, 6.07) is 0. The highest BCUT2D eigenvalue weighted by Crippen LogP contribution is 2.42. The van der Waals surface area contributed by atoms with Gasteiger partial charge in [0.2, 0.25) is 18.2 Å². The average molecular weight is 1010 g/mol. The maximum absolute atomic E-state index is 13.4. The molecule has 0 radical (unpaired) electrons. The topological polar surface area (TPSA) is 312 Å². The quantitative estimate of drug-likeness (QED) is 0.0516. The Morgan fingerprint density at radius 1 is 0.366 bits per heavy atom. The monoisotopic (exact) mass is 1010 g/mol. The van der Waals surface area contributed by atoms with Crippen LogP contribution in [0, 0.1) is 0 Å². The number of ether oxygens (including phenoxy) is 19. The first-order chi connectivity index (χ1) is 34.1. The maximum Gasteiger partial charge on any atom is 0.509 e. The van der Waals surface area contributed by atoms with Gasteiger partial charge in [-0.25, -0.2) is 38.4 Å². The molecule has 0 bridgehead atoms. The summed E-state index contributed by atoms with van der Waals surface area (Å²) in [6.45, 7) is 20.7. The van der Waals surface area contributed by atoms with Crippen molar-refractivity contribution in [1.82, 2.24) is 0 Å². The van der Waals surface area contributed by atoms with E-state index in [0.717, 1.165) is 36.5 Å². The van der Waals surface area contributed by atoms with Crippen molar-refractivity contribution in [2.24, 2.45) is 0 Å². The first-order valence-electron chi connectivity index (χ1n) is 20.6. The Morgan fingerprint density at radius 3 is 1.10 bits per heavy atom. The molecule has 0 aromatic heterocycles. The van der Waals surface area contributed by atoms with E-state index < -0.39 is 164 Å². The molecule has 2 aliphatic rings. The van der Waals surface area contributed by atoms with Gasteiger partial charge in [-0.1, -0.05) is 101 Å². The van der Waals surface area contributed by atoms with Crippen molar-refractivity contribution in [2.45, 2.75) is 54.8 Å². The zero-order chi connectivity index (χ0) is 52.6. The Hall–Kier alpha value is -8.04. The maximum atomic E-state index is 13.4. The molecule has 0 unspecified atom stereocenters. The van der Waals surface area contributed by atoms with Gasteiger partial charge in [-0.05, 0) is 0 Å². The molecule has 2 fully saturated rings.